The number of alkyl halides is 3. The van der Waals surface area contributed by atoms with Gasteiger partial charge in [0, 0.05) is 16.3 Å². The normalized spacial score (nSPS) is 26.9. The summed E-state index contributed by atoms with van der Waals surface area (Å²) < 4.78 is 41.3. The highest BCUT2D eigenvalue weighted by Gasteiger charge is 2.68. The quantitative estimate of drug-likeness (QED) is 0.797. The first-order valence-electron chi connectivity index (χ1n) is 8.13. The smallest absolute Gasteiger partial charge is 0.362 e. The molecule has 2 atom stereocenters. The van der Waals surface area contributed by atoms with Gasteiger partial charge in [-0.05, 0) is 43.9 Å². The summed E-state index contributed by atoms with van der Waals surface area (Å²) in [5.74, 6) is -2.23. The van der Waals surface area contributed by atoms with Gasteiger partial charge >= 0.3 is 6.18 Å². The molecule has 1 N–H and O–H groups in total. The third-order valence-corrected chi connectivity index (χ3v) is 5.30. The number of benzene rings is 1. The Morgan fingerprint density at radius 2 is 2.08 bits per heavy atom. The monoisotopic (exact) mass is 374 g/mol. The lowest BCUT2D eigenvalue weighted by molar-refractivity contribution is -0.312. The van der Waals surface area contributed by atoms with Gasteiger partial charge in [0.25, 0.3) is 11.6 Å². The van der Waals surface area contributed by atoms with Crippen LogP contribution in [-0.2, 0) is 0 Å². The molecular formula is C17H18ClF3N2O2. The van der Waals surface area contributed by atoms with Gasteiger partial charge in [-0.1, -0.05) is 30.5 Å². The van der Waals surface area contributed by atoms with Gasteiger partial charge in [0.15, 0.2) is 0 Å². The summed E-state index contributed by atoms with van der Waals surface area (Å²) >= 11 is 5.98. The Bertz CT molecular complexity index is 735. The van der Waals surface area contributed by atoms with Crippen molar-refractivity contribution in [1.29, 1.82) is 0 Å². The molecule has 25 heavy (non-hydrogen) atoms. The van der Waals surface area contributed by atoms with Crippen LogP contribution in [0.3, 0.4) is 0 Å². The zero-order chi connectivity index (χ0) is 18.4. The maximum Gasteiger partial charge on any atom is 0.439 e. The summed E-state index contributed by atoms with van der Waals surface area (Å²) in [5, 5.41) is 15.0. The lowest BCUT2D eigenvalue weighted by Gasteiger charge is -2.37. The molecule has 0 saturated heterocycles. The number of hydrogen-bond acceptors (Lipinski definition) is 3. The van der Waals surface area contributed by atoms with E-state index in [0.29, 0.717) is 24.8 Å². The van der Waals surface area contributed by atoms with Crippen LogP contribution in [0.1, 0.15) is 48.0 Å². The van der Waals surface area contributed by atoms with Gasteiger partial charge in [0.2, 0.25) is 0 Å². The van der Waals surface area contributed by atoms with E-state index in [2.05, 4.69) is 5.10 Å². The SMILES string of the molecule is Cc1ccc(C(=O)N2N=C3CCCCC[C@@H]3[C@]2(O)C(F)(F)F)cc1Cl. The van der Waals surface area contributed by atoms with Crippen molar-refractivity contribution in [3.63, 3.8) is 0 Å². The highest BCUT2D eigenvalue weighted by atomic mass is 35.5. The minimum atomic E-state index is -5.02. The molecule has 1 aliphatic heterocycles. The van der Waals surface area contributed by atoms with Gasteiger partial charge in [0.1, 0.15) is 0 Å². The first kappa shape index (κ1) is 18.2. The van der Waals surface area contributed by atoms with E-state index in [9.17, 15) is 23.1 Å². The van der Waals surface area contributed by atoms with Crippen LogP contribution in [0, 0.1) is 12.8 Å². The zero-order valence-corrected chi connectivity index (χ0v) is 14.4. The molecule has 0 aromatic heterocycles. The van der Waals surface area contributed by atoms with Crippen molar-refractivity contribution in [3.05, 3.63) is 34.3 Å². The summed E-state index contributed by atoms with van der Waals surface area (Å²) in [6.07, 6.45) is -2.49. The standard InChI is InChI=1S/C17H18ClF3N2O2/c1-10-7-8-11(9-13(10)18)15(24)23-16(25,17(19,20)21)12-5-3-2-4-6-14(12)22-23/h7-9,12,25H,2-6H2,1H3/t12-,16-/m0/s1. The van der Waals surface area contributed by atoms with Gasteiger partial charge < -0.3 is 5.11 Å². The third kappa shape index (κ3) is 2.93. The number of carbonyl (C=O) groups is 1. The molecule has 0 unspecified atom stereocenters. The average molecular weight is 375 g/mol. The first-order valence-corrected chi connectivity index (χ1v) is 8.51. The van der Waals surface area contributed by atoms with Gasteiger partial charge in [-0.2, -0.15) is 23.3 Å². The number of halogens is 4. The minimum absolute atomic E-state index is 0.0425. The minimum Gasteiger partial charge on any atom is -0.362 e. The second kappa shape index (κ2) is 6.29. The van der Waals surface area contributed by atoms with Crippen molar-refractivity contribution >= 4 is 23.2 Å². The van der Waals surface area contributed by atoms with Crippen molar-refractivity contribution in [2.24, 2.45) is 11.0 Å². The number of amides is 1. The van der Waals surface area contributed by atoms with Crippen molar-refractivity contribution in [1.82, 2.24) is 5.01 Å². The van der Waals surface area contributed by atoms with E-state index in [-0.39, 0.29) is 27.7 Å². The van der Waals surface area contributed by atoms with E-state index < -0.39 is 23.7 Å². The largest absolute Gasteiger partial charge is 0.439 e. The molecule has 0 bridgehead atoms. The molecule has 8 heteroatoms. The van der Waals surface area contributed by atoms with Gasteiger partial charge in [-0.15, -0.1) is 0 Å². The highest BCUT2D eigenvalue weighted by molar-refractivity contribution is 6.31. The van der Waals surface area contributed by atoms with E-state index in [4.69, 9.17) is 11.6 Å². The Kier molecular flexibility index (Phi) is 4.58. The van der Waals surface area contributed by atoms with Gasteiger partial charge in [0.05, 0.1) is 5.92 Å². The van der Waals surface area contributed by atoms with E-state index in [1.165, 1.54) is 12.1 Å². The fourth-order valence-electron chi connectivity index (χ4n) is 3.44. The lowest BCUT2D eigenvalue weighted by atomic mass is 9.87. The number of fused-ring (bicyclic) bond motifs is 1. The fourth-order valence-corrected chi connectivity index (χ4v) is 3.62. The van der Waals surface area contributed by atoms with Crippen LogP contribution in [0.15, 0.2) is 23.3 Å². The first-order chi connectivity index (χ1) is 11.7. The second-order valence-corrected chi connectivity index (χ2v) is 6.96. The molecule has 4 nitrogen and oxygen atoms in total. The topological polar surface area (TPSA) is 52.9 Å². The maximum absolute atomic E-state index is 13.8. The molecule has 0 spiro atoms. The zero-order valence-electron chi connectivity index (χ0n) is 13.6. The number of aliphatic hydroxyl groups is 1. The van der Waals surface area contributed by atoms with Crippen molar-refractivity contribution in [3.8, 4) is 0 Å². The predicted octanol–water partition coefficient (Wildman–Crippen LogP) is 4.29. The molecule has 1 saturated carbocycles. The number of carbonyl (C=O) groups excluding carboxylic acids is 1. The molecule has 3 rings (SSSR count). The molecular weight excluding hydrogens is 357 g/mol. The average Bonchev–Trinajstić information content (AvgIpc) is 2.70. The summed E-state index contributed by atoms with van der Waals surface area (Å²) in [7, 11) is 0. The Morgan fingerprint density at radius 1 is 1.36 bits per heavy atom. The van der Waals surface area contributed by atoms with Gasteiger partial charge in [-0.25, -0.2) is 0 Å². The fraction of sp³-hybridized carbons (Fsp3) is 0.529. The molecule has 2 aliphatic rings. The number of hydrogen-bond donors (Lipinski definition) is 1. The van der Waals surface area contributed by atoms with Crippen molar-refractivity contribution in [2.45, 2.75) is 50.9 Å². The predicted molar refractivity (Wildman–Crippen MR) is 87.4 cm³/mol. The van der Waals surface area contributed by atoms with Crippen LogP contribution in [0.4, 0.5) is 13.2 Å². The van der Waals surface area contributed by atoms with Crippen LogP contribution in [0.2, 0.25) is 5.02 Å². The number of aryl methyl sites for hydroxylation is 1. The molecule has 1 fully saturated rings. The molecule has 136 valence electrons. The summed E-state index contributed by atoms with van der Waals surface area (Å²) in [6, 6.07) is 4.22. The Labute approximate surface area is 148 Å². The molecule has 1 heterocycles. The molecule has 1 amide bonds. The van der Waals surface area contributed by atoms with E-state index in [1.807, 2.05) is 0 Å². The van der Waals surface area contributed by atoms with E-state index >= 15 is 0 Å². The molecule has 0 radical (unpaired) electrons. The summed E-state index contributed by atoms with van der Waals surface area (Å²) in [6.45, 7) is 1.72. The Morgan fingerprint density at radius 3 is 2.72 bits per heavy atom. The van der Waals surface area contributed by atoms with E-state index in [0.717, 1.165) is 6.42 Å². The van der Waals surface area contributed by atoms with Crippen LogP contribution in [0.25, 0.3) is 0 Å². The second-order valence-electron chi connectivity index (χ2n) is 6.55. The maximum atomic E-state index is 13.8. The highest BCUT2D eigenvalue weighted by Crippen LogP contribution is 2.48. The summed E-state index contributed by atoms with van der Waals surface area (Å²) in [4.78, 5) is 12.7. The van der Waals surface area contributed by atoms with Crippen molar-refractivity contribution in [2.75, 3.05) is 0 Å². The Hall–Kier alpha value is -1.60. The van der Waals surface area contributed by atoms with Crippen LogP contribution in [-0.4, -0.2) is 33.6 Å². The Balaban J connectivity index is 2.05. The number of nitrogens with zero attached hydrogens (tertiary/aromatic N) is 2. The number of rotatable bonds is 1. The van der Waals surface area contributed by atoms with Crippen LogP contribution < -0.4 is 0 Å². The third-order valence-electron chi connectivity index (χ3n) is 4.89. The van der Waals surface area contributed by atoms with Crippen LogP contribution >= 0.6 is 11.6 Å². The van der Waals surface area contributed by atoms with Gasteiger partial charge in [-0.3, -0.25) is 4.79 Å². The number of hydrazone groups is 1. The summed E-state index contributed by atoms with van der Waals surface area (Å²) in [5.41, 5.74) is -2.42. The molecule has 1 aliphatic carbocycles. The van der Waals surface area contributed by atoms with E-state index in [1.54, 1.807) is 13.0 Å². The van der Waals surface area contributed by atoms with Crippen molar-refractivity contribution < 1.29 is 23.1 Å². The lowest BCUT2D eigenvalue weighted by Crippen LogP contribution is -2.61. The molecule has 1 aromatic carbocycles. The molecule has 1 aromatic rings. The van der Waals surface area contributed by atoms with Crippen LogP contribution in [0.5, 0.6) is 0 Å².